The monoisotopic (exact) mass is 243 g/mol. The summed E-state index contributed by atoms with van der Waals surface area (Å²) in [6.07, 6.45) is 0.998. The Labute approximate surface area is 102 Å². The number of halogens is 2. The van der Waals surface area contributed by atoms with Crippen molar-refractivity contribution in [3.63, 3.8) is 0 Å². The van der Waals surface area contributed by atoms with Crippen LogP contribution in [0, 0.1) is 11.7 Å². The molecule has 0 fully saturated rings. The molecule has 0 bridgehead atoms. The molecule has 1 rings (SSSR count). The molecule has 0 heterocycles. The molecule has 1 N–H and O–H groups in total. The molecule has 0 spiro atoms. The maximum absolute atomic E-state index is 12.9. The fraction of sp³-hybridized carbons (Fsp3) is 0.538. The molecular formula is C13H19ClFN. The van der Waals surface area contributed by atoms with Gasteiger partial charge in [-0.05, 0) is 30.0 Å². The lowest BCUT2D eigenvalue weighted by atomic mass is 10.1. The molecule has 1 nitrogen and oxygen atoms in total. The standard InChI is InChI=1S/C13H19ClFN/c1-10(2)6-12(14)9-16-8-11-4-3-5-13(15)7-11/h3-5,7,10,12,16H,6,8-9H2,1-2H3. The number of nitrogens with one attached hydrogen (secondary N) is 1. The largest absolute Gasteiger partial charge is 0.311 e. The lowest BCUT2D eigenvalue weighted by molar-refractivity contribution is 0.533. The Balaban J connectivity index is 2.25. The molecule has 0 saturated carbocycles. The van der Waals surface area contributed by atoms with Crippen LogP contribution in [0.3, 0.4) is 0 Å². The van der Waals surface area contributed by atoms with Crippen LogP contribution < -0.4 is 5.32 Å². The van der Waals surface area contributed by atoms with Gasteiger partial charge >= 0.3 is 0 Å². The van der Waals surface area contributed by atoms with Crippen LogP contribution in [0.2, 0.25) is 0 Å². The number of hydrogen-bond donors (Lipinski definition) is 1. The van der Waals surface area contributed by atoms with Crippen molar-refractivity contribution in [1.29, 1.82) is 0 Å². The third kappa shape index (κ3) is 5.47. The van der Waals surface area contributed by atoms with E-state index in [0.29, 0.717) is 12.5 Å². The molecular weight excluding hydrogens is 225 g/mol. The van der Waals surface area contributed by atoms with E-state index in [4.69, 9.17) is 11.6 Å². The zero-order chi connectivity index (χ0) is 12.0. The summed E-state index contributed by atoms with van der Waals surface area (Å²) >= 11 is 6.14. The summed E-state index contributed by atoms with van der Waals surface area (Å²) in [5.74, 6) is 0.419. The van der Waals surface area contributed by atoms with Gasteiger partial charge in [0.2, 0.25) is 0 Å². The lowest BCUT2D eigenvalue weighted by Gasteiger charge is -2.12. The SMILES string of the molecule is CC(C)CC(Cl)CNCc1cccc(F)c1. The van der Waals surface area contributed by atoms with Crippen molar-refractivity contribution in [2.75, 3.05) is 6.54 Å². The van der Waals surface area contributed by atoms with Gasteiger partial charge in [0.1, 0.15) is 5.82 Å². The molecule has 0 aliphatic heterocycles. The highest BCUT2D eigenvalue weighted by Gasteiger charge is 2.06. The predicted molar refractivity (Wildman–Crippen MR) is 67.2 cm³/mol. The van der Waals surface area contributed by atoms with Crippen LogP contribution in [-0.2, 0) is 6.54 Å². The van der Waals surface area contributed by atoms with Crippen LogP contribution >= 0.6 is 11.6 Å². The molecule has 0 saturated heterocycles. The van der Waals surface area contributed by atoms with E-state index >= 15 is 0 Å². The van der Waals surface area contributed by atoms with Crippen LogP contribution in [0.5, 0.6) is 0 Å². The predicted octanol–water partition coefficient (Wildman–Crippen LogP) is 3.57. The molecule has 90 valence electrons. The number of hydrogen-bond acceptors (Lipinski definition) is 1. The van der Waals surface area contributed by atoms with Crippen LogP contribution in [0.4, 0.5) is 4.39 Å². The second-order valence-corrected chi connectivity index (χ2v) is 5.10. The molecule has 0 aliphatic rings. The van der Waals surface area contributed by atoms with Gasteiger partial charge in [0.25, 0.3) is 0 Å². The van der Waals surface area contributed by atoms with Crippen molar-refractivity contribution < 1.29 is 4.39 Å². The first kappa shape index (κ1) is 13.5. The first-order valence-electron chi connectivity index (χ1n) is 5.67. The molecule has 0 radical (unpaired) electrons. The van der Waals surface area contributed by atoms with Crippen molar-refractivity contribution in [2.45, 2.75) is 32.2 Å². The Hall–Kier alpha value is -0.600. The average Bonchev–Trinajstić information content (AvgIpc) is 2.16. The Morgan fingerprint density at radius 3 is 2.75 bits per heavy atom. The fourth-order valence-corrected chi connectivity index (χ4v) is 2.08. The normalized spacial score (nSPS) is 13.1. The molecule has 1 unspecified atom stereocenters. The number of alkyl halides is 1. The first-order chi connectivity index (χ1) is 7.58. The molecule has 0 amide bonds. The third-order valence-corrected chi connectivity index (χ3v) is 2.64. The van der Waals surface area contributed by atoms with E-state index in [-0.39, 0.29) is 11.2 Å². The van der Waals surface area contributed by atoms with E-state index in [1.54, 1.807) is 12.1 Å². The van der Waals surface area contributed by atoms with Gasteiger partial charge in [0.15, 0.2) is 0 Å². The van der Waals surface area contributed by atoms with Crippen molar-refractivity contribution in [3.8, 4) is 0 Å². The van der Waals surface area contributed by atoms with E-state index in [0.717, 1.165) is 18.5 Å². The summed E-state index contributed by atoms with van der Waals surface area (Å²) in [6, 6.07) is 6.62. The lowest BCUT2D eigenvalue weighted by Crippen LogP contribution is -2.23. The highest BCUT2D eigenvalue weighted by Crippen LogP contribution is 2.10. The van der Waals surface area contributed by atoms with E-state index < -0.39 is 0 Å². The molecule has 16 heavy (non-hydrogen) atoms. The second-order valence-electron chi connectivity index (χ2n) is 4.49. The van der Waals surface area contributed by atoms with Crippen molar-refractivity contribution in [3.05, 3.63) is 35.6 Å². The minimum Gasteiger partial charge on any atom is -0.311 e. The Morgan fingerprint density at radius 1 is 1.38 bits per heavy atom. The quantitative estimate of drug-likeness (QED) is 0.754. The van der Waals surface area contributed by atoms with Crippen molar-refractivity contribution in [2.24, 2.45) is 5.92 Å². The summed E-state index contributed by atoms with van der Waals surface area (Å²) in [5.41, 5.74) is 0.952. The van der Waals surface area contributed by atoms with Crippen molar-refractivity contribution in [1.82, 2.24) is 5.32 Å². The summed E-state index contributed by atoms with van der Waals surface area (Å²) in [4.78, 5) is 0. The van der Waals surface area contributed by atoms with Gasteiger partial charge in [-0.3, -0.25) is 0 Å². The topological polar surface area (TPSA) is 12.0 Å². The van der Waals surface area contributed by atoms with Crippen LogP contribution in [0.1, 0.15) is 25.8 Å². The maximum Gasteiger partial charge on any atom is 0.123 e. The van der Waals surface area contributed by atoms with Gasteiger partial charge < -0.3 is 5.32 Å². The molecule has 1 aromatic carbocycles. The zero-order valence-electron chi connectivity index (χ0n) is 9.84. The fourth-order valence-electron chi connectivity index (χ4n) is 1.61. The van der Waals surface area contributed by atoms with Crippen LogP contribution in [0.25, 0.3) is 0 Å². The van der Waals surface area contributed by atoms with Gasteiger partial charge in [0, 0.05) is 18.5 Å². The Bertz CT molecular complexity index is 315. The number of rotatable bonds is 6. The summed E-state index contributed by atoms with van der Waals surface area (Å²) in [5, 5.41) is 3.38. The highest BCUT2D eigenvalue weighted by atomic mass is 35.5. The minimum absolute atomic E-state index is 0.147. The van der Waals surface area contributed by atoms with Gasteiger partial charge in [0.05, 0.1) is 0 Å². The van der Waals surface area contributed by atoms with Gasteiger partial charge in [-0.1, -0.05) is 26.0 Å². The molecule has 3 heteroatoms. The smallest absolute Gasteiger partial charge is 0.123 e. The molecule has 1 aromatic rings. The maximum atomic E-state index is 12.9. The minimum atomic E-state index is -0.191. The van der Waals surface area contributed by atoms with E-state index in [1.165, 1.54) is 6.07 Å². The Morgan fingerprint density at radius 2 is 2.12 bits per heavy atom. The van der Waals surface area contributed by atoms with Crippen LogP contribution in [0.15, 0.2) is 24.3 Å². The molecule has 0 aliphatic carbocycles. The molecule has 1 atom stereocenters. The van der Waals surface area contributed by atoms with Gasteiger partial charge in [-0.15, -0.1) is 11.6 Å². The second kappa shape index (κ2) is 6.87. The van der Waals surface area contributed by atoms with Crippen molar-refractivity contribution >= 4 is 11.6 Å². The summed E-state index contributed by atoms with van der Waals surface area (Å²) in [7, 11) is 0. The highest BCUT2D eigenvalue weighted by molar-refractivity contribution is 6.20. The van der Waals surface area contributed by atoms with E-state index in [2.05, 4.69) is 19.2 Å². The summed E-state index contributed by atoms with van der Waals surface area (Å²) in [6.45, 7) is 5.74. The third-order valence-electron chi connectivity index (χ3n) is 2.31. The summed E-state index contributed by atoms with van der Waals surface area (Å²) < 4.78 is 12.9. The molecule has 0 aromatic heterocycles. The average molecular weight is 244 g/mol. The van der Waals surface area contributed by atoms with E-state index in [9.17, 15) is 4.39 Å². The zero-order valence-corrected chi connectivity index (χ0v) is 10.6. The van der Waals surface area contributed by atoms with E-state index in [1.807, 2.05) is 6.07 Å². The van der Waals surface area contributed by atoms with Gasteiger partial charge in [-0.25, -0.2) is 4.39 Å². The Kier molecular flexibility index (Phi) is 5.78. The van der Waals surface area contributed by atoms with Crippen LogP contribution in [-0.4, -0.2) is 11.9 Å². The number of benzene rings is 1. The first-order valence-corrected chi connectivity index (χ1v) is 6.11. The van der Waals surface area contributed by atoms with Gasteiger partial charge in [-0.2, -0.15) is 0 Å².